The second kappa shape index (κ2) is 8.72. The molecule has 0 spiro atoms. The first kappa shape index (κ1) is 18.3. The van der Waals surface area contributed by atoms with E-state index < -0.39 is 0 Å². The van der Waals surface area contributed by atoms with Crippen molar-refractivity contribution in [3.63, 3.8) is 0 Å². The zero-order chi connectivity index (χ0) is 17.6. The molecule has 6 heteroatoms. The molecule has 3 heterocycles. The number of furan rings is 1. The molecular weight excluding hydrogens is 316 g/mol. The minimum atomic E-state index is 0.260. The molecular formula is C19H32N4O2. The molecule has 1 aromatic heterocycles. The van der Waals surface area contributed by atoms with E-state index in [1.54, 1.807) is 0 Å². The van der Waals surface area contributed by atoms with E-state index in [0.29, 0.717) is 5.92 Å². The molecule has 2 aliphatic heterocycles. The Bertz CT molecular complexity index is 560. The lowest BCUT2D eigenvalue weighted by Gasteiger charge is -2.29. The molecule has 2 unspecified atom stereocenters. The summed E-state index contributed by atoms with van der Waals surface area (Å²) < 4.78 is 11.4. The smallest absolute Gasteiger partial charge is 0.193 e. The zero-order valence-corrected chi connectivity index (χ0v) is 15.8. The average Bonchev–Trinajstić information content (AvgIpc) is 3.34. The van der Waals surface area contributed by atoms with Crippen LogP contribution in [0.15, 0.2) is 21.5 Å². The summed E-state index contributed by atoms with van der Waals surface area (Å²) in [5, 5.41) is 3.56. The van der Waals surface area contributed by atoms with Crippen LogP contribution in [0.25, 0.3) is 0 Å². The Morgan fingerprint density at radius 1 is 1.40 bits per heavy atom. The average molecular weight is 348 g/mol. The number of nitrogens with zero attached hydrogens (tertiary/aromatic N) is 3. The van der Waals surface area contributed by atoms with Crippen molar-refractivity contribution in [3.05, 3.63) is 23.7 Å². The fraction of sp³-hybridized carbons (Fsp3) is 0.737. The highest BCUT2D eigenvalue weighted by molar-refractivity contribution is 5.79. The van der Waals surface area contributed by atoms with Gasteiger partial charge in [-0.2, -0.15) is 0 Å². The number of nitrogens with one attached hydrogen (secondary N) is 1. The highest BCUT2D eigenvalue weighted by atomic mass is 16.5. The normalized spacial score (nSPS) is 23.2. The SMILES string of the molecule is CN=C(NCC(c1ccc(C)o1)N1CCCC1)N(C)CC1CCOC1. The first-order chi connectivity index (χ1) is 12.2. The second-order valence-corrected chi connectivity index (χ2v) is 7.25. The predicted molar refractivity (Wildman–Crippen MR) is 99.9 cm³/mol. The Morgan fingerprint density at radius 2 is 2.20 bits per heavy atom. The van der Waals surface area contributed by atoms with Crippen LogP contribution in [-0.4, -0.2) is 69.2 Å². The minimum absolute atomic E-state index is 0.260. The number of aliphatic imine (C=N–C) groups is 1. The van der Waals surface area contributed by atoms with Crippen molar-refractivity contribution < 1.29 is 9.15 Å². The molecule has 2 saturated heterocycles. The summed E-state index contributed by atoms with van der Waals surface area (Å²) >= 11 is 0. The van der Waals surface area contributed by atoms with Crippen molar-refractivity contribution in [2.75, 3.05) is 53.5 Å². The second-order valence-electron chi connectivity index (χ2n) is 7.25. The summed E-state index contributed by atoms with van der Waals surface area (Å²) in [5.41, 5.74) is 0. The highest BCUT2D eigenvalue weighted by Gasteiger charge is 2.27. The van der Waals surface area contributed by atoms with Crippen LogP contribution in [0.5, 0.6) is 0 Å². The molecule has 0 saturated carbocycles. The topological polar surface area (TPSA) is 53.2 Å². The number of ether oxygens (including phenoxy) is 1. The molecule has 140 valence electrons. The van der Waals surface area contributed by atoms with E-state index in [1.807, 2.05) is 14.0 Å². The van der Waals surface area contributed by atoms with Crippen molar-refractivity contribution in [1.82, 2.24) is 15.1 Å². The summed E-state index contributed by atoms with van der Waals surface area (Å²) in [6, 6.07) is 4.43. The molecule has 0 aliphatic carbocycles. The van der Waals surface area contributed by atoms with Gasteiger partial charge in [0.1, 0.15) is 11.5 Å². The minimum Gasteiger partial charge on any atom is -0.465 e. The lowest BCUT2D eigenvalue weighted by molar-refractivity contribution is 0.180. The van der Waals surface area contributed by atoms with Gasteiger partial charge >= 0.3 is 0 Å². The van der Waals surface area contributed by atoms with Gasteiger partial charge in [-0.25, -0.2) is 0 Å². The van der Waals surface area contributed by atoms with Crippen LogP contribution in [0, 0.1) is 12.8 Å². The van der Waals surface area contributed by atoms with Gasteiger partial charge < -0.3 is 19.4 Å². The molecule has 1 N–H and O–H groups in total. The number of hydrogen-bond acceptors (Lipinski definition) is 4. The Morgan fingerprint density at radius 3 is 2.80 bits per heavy atom. The van der Waals surface area contributed by atoms with E-state index in [9.17, 15) is 0 Å². The summed E-state index contributed by atoms with van der Waals surface area (Å²) in [6.45, 7) is 7.83. The van der Waals surface area contributed by atoms with Crippen molar-refractivity contribution >= 4 is 5.96 Å². The van der Waals surface area contributed by atoms with E-state index in [0.717, 1.165) is 63.3 Å². The predicted octanol–water partition coefficient (Wildman–Crippen LogP) is 2.27. The van der Waals surface area contributed by atoms with Crippen LogP contribution in [0.4, 0.5) is 0 Å². The summed E-state index contributed by atoms with van der Waals surface area (Å²) in [4.78, 5) is 9.20. The van der Waals surface area contributed by atoms with E-state index in [-0.39, 0.29) is 6.04 Å². The lowest BCUT2D eigenvalue weighted by atomic mass is 10.1. The maximum Gasteiger partial charge on any atom is 0.193 e. The van der Waals surface area contributed by atoms with Gasteiger partial charge in [-0.15, -0.1) is 0 Å². The summed E-state index contributed by atoms with van der Waals surface area (Å²) in [7, 11) is 3.96. The fourth-order valence-corrected chi connectivity index (χ4v) is 3.87. The van der Waals surface area contributed by atoms with Crippen LogP contribution < -0.4 is 5.32 Å². The maximum absolute atomic E-state index is 5.94. The van der Waals surface area contributed by atoms with Gasteiger partial charge in [-0.05, 0) is 51.4 Å². The molecule has 2 fully saturated rings. The first-order valence-electron chi connectivity index (χ1n) is 9.47. The molecule has 0 amide bonds. The van der Waals surface area contributed by atoms with Gasteiger partial charge in [-0.3, -0.25) is 9.89 Å². The van der Waals surface area contributed by atoms with Crippen molar-refractivity contribution in [2.24, 2.45) is 10.9 Å². The Labute approximate surface area is 151 Å². The third-order valence-corrected chi connectivity index (χ3v) is 5.25. The molecule has 2 atom stereocenters. The van der Waals surface area contributed by atoms with Crippen LogP contribution in [0.2, 0.25) is 0 Å². The molecule has 0 bridgehead atoms. The van der Waals surface area contributed by atoms with Crippen LogP contribution in [0.3, 0.4) is 0 Å². The number of guanidine groups is 1. The summed E-state index contributed by atoms with van der Waals surface area (Å²) in [5.74, 6) is 3.57. The number of hydrogen-bond donors (Lipinski definition) is 1. The molecule has 3 rings (SSSR count). The van der Waals surface area contributed by atoms with Gasteiger partial charge in [0.2, 0.25) is 0 Å². The van der Waals surface area contributed by atoms with E-state index in [1.165, 1.54) is 12.8 Å². The van der Waals surface area contributed by atoms with Crippen LogP contribution >= 0.6 is 0 Å². The Balaban J connectivity index is 1.60. The molecule has 2 aliphatic rings. The van der Waals surface area contributed by atoms with Crippen LogP contribution in [0.1, 0.15) is 36.8 Å². The van der Waals surface area contributed by atoms with E-state index in [2.05, 4.69) is 39.3 Å². The quantitative estimate of drug-likeness (QED) is 0.631. The highest BCUT2D eigenvalue weighted by Crippen LogP contribution is 2.26. The summed E-state index contributed by atoms with van der Waals surface area (Å²) in [6.07, 6.45) is 3.68. The van der Waals surface area contributed by atoms with Gasteiger partial charge in [-0.1, -0.05) is 0 Å². The third kappa shape index (κ3) is 4.76. The van der Waals surface area contributed by atoms with Crippen molar-refractivity contribution in [2.45, 2.75) is 32.2 Å². The number of aryl methyl sites for hydroxylation is 1. The Hall–Kier alpha value is -1.53. The lowest BCUT2D eigenvalue weighted by Crippen LogP contribution is -2.45. The van der Waals surface area contributed by atoms with Crippen molar-refractivity contribution in [3.8, 4) is 0 Å². The molecule has 1 aromatic rings. The van der Waals surface area contributed by atoms with E-state index in [4.69, 9.17) is 9.15 Å². The maximum atomic E-state index is 5.94. The van der Waals surface area contributed by atoms with Gasteiger partial charge in [0.25, 0.3) is 0 Å². The van der Waals surface area contributed by atoms with E-state index >= 15 is 0 Å². The molecule has 25 heavy (non-hydrogen) atoms. The number of rotatable bonds is 6. The molecule has 0 aromatic carbocycles. The third-order valence-electron chi connectivity index (χ3n) is 5.25. The number of likely N-dealkylation sites (tertiary alicyclic amines) is 1. The standard InChI is InChI=1S/C19H32N4O2/c1-15-6-7-18(25-15)17(23-9-4-5-10-23)12-21-19(20-2)22(3)13-16-8-11-24-14-16/h6-7,16-17H,4-5,8-14H2,1-3H3,(H,20,21). The largest absolute Gasteiger partial charge is 0.465 e. The monoisotopic (exact) mass is 348 g/mol. The van der Waals surface area contributed by atoms with Crippen molar-refractivity contribution in [1.29, 1.82) is 0 Å². The zero-order valence-electron chi connectivity index (χ0n) is 15.8. The molecule has 0 radical (unpaired) electrons. The first-order valence-corrected chi connectivity index (χ1v) is 9.47. The van der Waals surface area contributed by atoms with Gasteiger partial charge in [0.15, 0.2) is 5.96 Å². The van der Waals surface area contributed by atoms with Gasteiger partial charge in [0.05, 0.1) is 12.6 Å². The Kier molecular flexibility index (Phi) is 6.37. The fourth-order valence-electron chi connectivity index (χ4n) is 3.87. The van der Waals surface area contributed by atoms with Gasteiger partial charge in [0, 0.05) is 39.7 Å². The molecule has 6 nitrogen and oxygen atoms in total. The van der Waals surface area contributed by atoms with Crippen LogP contribution in [-0.2, 0) is 4.74 Å².